The third kappa shape index (κ3) is 5.87. The van der Waals surface area contributed by atoms with E-state index in [1.54, 1.807) is 11.8 Å². The van der Waals surface area contributed by atoms with Crippen molar-refractivity contribution in [2.45, 2.75) is 33.1 Å². The number of halogens is 3. The van der Waals surface area contributed by atoms with Gasteiger partial charge in [-0.15, -0.1) is 10.2 Å². The summed E-state index contributed by atoms with van der Waals surface area (Å²) in [7, 11) is 0. The number of hydrogen-bond donors (Lipinski definition) is 0. The molecule has 3 heterocycles. The first kappa shape index (κ1) is 23.6. The summed E-state index contributed by atoms with van der Waals surface area (Å²) in [5.74, 6) is 0.997. The van der Waals surface area contributed by atoms with Crippen molar-refractivity contribution in [1.82, 2.24) is 35.2 Å². The van der Waals surface area contributed by atoms with E-state index in [1.807, 2.05) is 13.0 Å². The molecule has 0 unspecified atom stereocenters. The van der Waals surface area contributed by atoms with E-state index in [2.05, 4.69) is 25.5 Å². The topological polar surface area (TPSA) is 93.2 Å². The Morgan fingerprint density at radius 3 is 2.50 bits per heavy atom. The fourth-order valence-electron chi connectivity index (χ4n) is 3.73. The molecular weight excluding hydrogens is 451 g/mol. The average Bonchev–Trinajstić information content (AvgIpc) is 3.39. The first-order valence-corrected chi connectivity index (χ1v) is 10.7. The lowest BCUT2D eigenvalue weighted by atomic mass is 10.0. The molecule has 1 fully saturated rings. The highest BCUT2D eigenvalue weighted by atomic mass is 19.4. The second-order valence-electron chi connectivity index (χ2n) is 8.15. The number of rotatable bonds is 6. The molecule has 0 atom stereocenters. The molecule has 1 aliphatic heterocycles. The monoisotopic (exact) mass is 475 g/mol. The first-order chi connectivity index (χ1) is 16.2. The Hall–Kier alpha value is -3.54. The molecule has 9 nitrogen and oxygen atoms in total. The van der Waals surface area contributed by atoms with Crippen LogP contribution in [0.3, 0.4) is 0 Å². The number of aromatic nitrogens is 5. The molecule has 0 aliphatic carbocycles. The zero-order valence-electron chi connectivity index (χ0n) is 18.8. The summed E-state index contributed by atoms with van der Waals surface area (Å²) in [5, 5.41) is 15.5. The minimum absolute atomic E-state index is 0.00158. The van der Waals surface area contributed by atoms with Gasteiger partial charge in [0.15, 0.2) is 11.6 Å². The van der Waals surface area contributed by atoms with Crippen LogP contribution in [0.15, 0.2) is 34.9 Å². The fourth-order valence-corrected chi connectivity index (χ4v) is 3.73. The van der Waals surface area contributed by atoms with E-state index in [-0.39, 0.29) is 12.5 Å². The zero-order valence-corrected chi connectivity index (χ0v) is 18.8. The van der Waals surface area contributed by atoms with Crippen molar-refractivity contribution < 1.29 is 22.5 Å². The Morgan fingerprint density at radius 1 is 1.12 bits per heavy atom. The summed E-state index contributed by atoms with van der Waals surface area (Å²) >= 11 is 0. The van der Waals surface area contributed by atoms with Gasteiger partial charge in [0.25, 0.3) is 0 Å². The van der Waals surface area contributed by atoms with Gasteiger partial charge in [0.1, 0.15) is 0 Å². The number of hydrogen-bond acceptors (Lipinski definition) is 7. The number of nitrogens with zero attached hydrogens (tertiary/aromatic N) is 7. The third-order valence-corrected chi connectivity index (χ3v) is 5.48. The molecule has 0 radical (unpaired) electrons. The molecule has 1 saturated heterocycles. The van der Waals surface area contributed by atoms with Crippen molar-refractivity contribution in [1.29, 1.82) is 0 Å². The smallest absolute Gasteiger partial charge is 0.360 e. The van der Waals surface area contributed by atoms with Gasteiger partial charge >= 0.3 is 6.18 Å². The third-order valence-electron chi connectivity index (χ3n) is 5.48. The Bertz CT molecular complexity index is 1180. The van der Waals surface area contributed by atoms with E-state index in [0.717, 1.165) is 23.6 Å². The van der Waals surface area contributed by atoms with Crippen molar-refractivity contribution in [2.75, 3.05) is 26.2 Å². The van der Waals surface area contributed by atoms with Gasteiger partial charge in [-0.1, -0.05) is 11.2 Å². The maximum absolute atomic E-state index is 13.2. The minimum Gasteiger partial charge on any atom is -0.360 e. The normalized spacial score (nSPS) is 15.4. The van der Waals surface area contributed by atoms with Crippen molar-refractivity contribution in [3.8, 4) is 0 Å². The average molecular weight is 475 g/mol. The lowest BCUT2D eigenvalue weighted by molar-refractivity contribution is -0.137. The summed E-state index contributed by atoms with van der Waals surface area (Å²) in [6, 6.07) is 5.28. The number of amides is 1. The molecule has 180 valence electrons. The number of alkyl halides is 3. The lowest BCUT2D eigenvalue weighted by Gasteiger charge is -2.33. The highest BCUT2D eigenvalue weighted by Gasteiger charge is 2.31. The van der Waals surface area contributed by atoms with Gasteiger partial charge in [-0.05, 0) is 48.4 Å². The Morgan fingerprint density at radius 2 is 1.88 bits per heavy atom. The molecule has 0 bridgehead atoms. The van der Waals surface area contributed by atoms with Gasteiger partial charge in [-0.2, -0.15) is 18.0 Å². The fraction of sp³-hybridized carbons (Fsp3) is 0.409. The number of carbonyl (C=O) groups excluding carboxylic acids is 1. The van der Waals surface area contributed by atoms with Crippen LogP contribution in [0.4, 0.5) is 13.2 Å². The molecule has 1 amide bonds. The van der Waals surface area contributed by atoms with Crippen LogP contribution in [0.1, 0.15) is 34.0 Å². The van der Waals surface area contributed by atoms with E-state index in [9.17, 15) is 18.0 Å². The summed E-state index contributed by atoms with van der Waals surface area (Å²) < 4.78 is 44.9. The van der Waals surface area contributed by atoms with Crippen molar-refractivity contribution >= 4 is 12.0 Å². The number of aryl methyl sites for hydroxylation is 2. The van der Waals surface area contributed by atoms with Crippen molar-refractivity contribution in [3.05, 3.63) is 64.3 Å². The number of tetrazole rings is 1. The van der Waals surface area contributed by atoms with Crippen LogP contribution in [0.5, 0.6) is 0 Å². The summed E-state index contributed by atoms with van der Waals surface area (Å²) in [6.45, 7) is 6.58. The molecule has 0 N–H and O–H groups in total. The van der Waals surface area contributed by atoms with Gasteiger partial charge in [0.05, 0.1) is 24.3 Å². The molecule has 3 aromatic rings. The predicted octanol–water partition coefficient (Wildman–Crippen LogP) is 2.70. The summed E-state index contributed by atoms with van der Waals surface area (Å²) in [5.41, 5.74) is 0.867. The van der Waals surface area contributed by atoms with E-state index in [0.29, 0.717) is 49.7 Å². The van der Waals surface area contributed by atoms with Crippen LogP contribution >= 0.6 is 0 Å². The molecule has 4 rings (SSSR count). The zero-order chi connectivity index (χ0) is 24.3. The molecule has 12 heteroatoms. The summed E-state index contributed by atoms with van der Waals surface area (Å²) in [4.78, 5) is 17.8. The maximum Gasteiger partial charge on any atom is 0.416 e. The second kappa shape index (κ2) is 9.75. The van der Waals surface area contributed by atoms with Gasteiger partial charge in [-0.25, -0.2) is 0 Å². The van der Waals surface area contributed by atoms with Gasteiger partial charge in [-0.3, -0.25) is 9.69 Å². The predicted molar refractivity (Wildman–Crippen MR) is 115 cm³/mol. The SMILES string of the molecule is Cc1cc(CN2CCN(C(=O)C=Cc3ccc(C(F)(F)F)cc3Cn3nnc(C)n3)CC2)on1. The van der Waals surface area contributed by atoms with E-state index >= 15 is 0 Å². The number of piperazine rings is 1. The Balaban J connectivity index is 1.42. The van der Waals surface area contributed by atoms with Crippen molar-refractivity contribution in [3.63, 3.8) is 0 Å². The van der Waals surface area contributed by atoms with Gasteiger partial charge in [0.2, 0.25) is 5.91 Å². The molecule has 1 aromatic carbocycles. The summed E-state index contributed by atoms with van der Waals surface area (Å²) in [6.07, 6.45) is -1.56. The van der Waals surface area contributed by atoms with Crippen LogP contribution < -0.4 is 0 Å². The lowest BCUT2D eigenvalue weighted by Crippen LogP contribution is -2.47. The molecular formula is C22H24F3N7O2. The molecule has 0 spiro atoms. The Labute approximate surface area is 193 Å². The molecule has 0 saturated carbocycles. The van der Waals surface area contributed by atoms with Gasteiger partial charge in [0, 0.05) is 38.3 Å². The van der Waals surface area contributed by atoms with Crippen molar-refractivity contribution in [2.24, 2.45) is 0 Å². The minimum atomic E-state index is -4.48. The van der Waals surface area contributed by atoms with E-state index < -0.39 is 11.7 Å². The van der Waals surface area contributed by atoms with Gasteiger partial charge < -0.3 is 9.42 Å². The standard InChI is InChI=1S/C22H24F3N7O2/c1-15-11-20(34-28-15)14-30-7-9-31(10-8-30)21(33)6-4-17-3-5-19(22(23,24)25)12-18(17)13-32-27-16(2)26-29-32/h3-6,11-12H,7-10,13-14H2,1-2H3. The van der Waals surface area contributed by atoms with Crippen LogP contribution in [-0.4, -0.2) is 67.2 Å². The maximum atomic E-state index is 13.2. The molecule has 34 heavy (non-hydrogen) atoms. The Kier molecular flexibility index (Phi) is 6.77. The van der Waals surface area contributed by atoms with Crippen LogP contribution in [-0.2, 0) is 24.1 Å². The molecule has 1 aliphatic rings. The first-order valence-electron chi connectivity index (χ1n) is 10.7. The quantitative estimate of drug-likeness (QED) is 0.506. The largest absolute Gasteiger partial charge is 0.416 e. The van der Waals surface area contributed by atoms with Crippen LogP contribution in [0.2, 0.25) is 0 Å². The van der Waals surface area contributed by atoms with Crippen LogP contribution in [0.25, 0.3) is 6.08 Å². The number of benzene rings is 1. The highest BCUT2D eigenvalue weighted by Crippen LogP contribution is 2.31. The molecule has 2 aromatic heterocycles. The van der Waals surface area contributed by atoms with E-state index in [1.165, 1.54) is 23.0 Å². The van der Waals surface area contributed by atoms with Crippen LogP contribution in [0, 0.1) is 13.8 Å². The second-order valence-corrected chi connectivity index (χ2v) is 8.15. The highest BCUT2D eigenvalue weighted by molar-refractivity contribution is 5.92. The van der Waals surface area contributed by atoms with E-state index in [4.69, 9.17) is 4.52 Å². The number of carbonyl (C=O) groups is 1.